The van der Waals surface area contributed by atoms with Crippen molar-refractivity contribution in [3.63, 3.8) is 0 Å². The molecule has 94 valence electrons. The fraction of sp³-hybridized carbons (Fsp3) is 0.0833. The van der Waals surface area contributed by atoms with Crippen molar-refractivity contribution in [3.05, 3.63) is 50.2 Å². The van der Waals surface area contributed by atoms with Crippen molar-refractivity contribution in [3.8, 4) is 11.1 Å². The van der Waals surface area contributed by atoms with Gasteiger partial charge in [-0.25, -0.2) is 4.98 Å². The second-order valence-electron chi connectivity index (χ2n) is 3.58. The maximum absolute atomic E-state index is 9.32. The van der Waals surface area contributed by atoms with Crippen molar-refractivity contribution in [2.45, 2.75) is 6.61 Å². The quantitative estimate of drug-likeness (QED) is 0.633. The van der Waals surface area contributed by atoms with Crippen molar-refractivity contribution in [2.24, 2.45) is 0 Å². The first-order valence-electron chi connectivity index (χ1n) is 4.93. The van der Waals surface area contributed by atoms with Crippen LogP contribution < -0.4 is 0 Å². The largest absolute Gasteiger partial charge is 0.392 e. The molecule has 1 aromatic heterocycles. The zero-order chi connectivity index (χ0) is 13.3. The number of nitrogens with zero attached hydrogens (tertiary/aromatic N) is 1. The summed E-state index contributed by atoms with van der Waals surface area (Å²) in [5, 5.41) is 10.6. The van der Waals surface area contributed by atoms with Gasteiger partial charge in [0.15, 0.2) is 0 Å². The molecule has 0 bridgehead atoms. The SMILES string of the molecule is OCc1cc(Cl)ncc1-c1cc(Cl)c(Cl)c(Cl)c1. The first-order chi connectivity index (χ1) is 8.52. The molecule has 0 unspecified atom stereocenters. The van der Waals surface area contributed by atoms with Crippen LogP contribution in [0.1, 0.15) is 5.56 Å². The molecule has 0 saturated heterocycles. The fourth-order valence-corrected chi connectivity index (χ4v) is 2.35. The number of rotatable bonds is 2. The summed E-state index contributed by atoms with van der Waals surface area (Å²) in [4.78, 5) is 3.98. The molecule has 2 nitrogen and oxygen atoms in total. The van der Waals surface area contributed by atoms with Gasteiger partial charge in [-0.2, -0.15) is 0 Å². The van der Waals surface area contributed by atoms with Gasteiger partial charge in [0.25, 0.3) is 0 Å². The van der Waals surface area contributed by atoms with Crippen LogP contribution in [0.2, 0.25) is 20.2 Å². The first kappa shape index (κ1) is 13.9. The van der Waals surface area contributed by atoms with Crippen LogP contribution in [0.15, 0.2) is 24.4 Å². The Kier molecular flexibility index (Phi) is 4.36. The van der Waals surface area contributed by atoms with Crippen molar-refractivity contribution >= 4 is 46.4 Å². The third kappa shape index (κ3) is 2.73. The summed E-state index contributed by atoms with van der Waals surface area (Å²) in [7, 11) is 0. The molecular formula is C12H7Cl4NO. The van der Waals surface area contributed by atoms with E-state index in [2.05, 4.69) is 4.98 Å². The monoisotopic (exact) mass is 321 g/mol. The van der Waals surface area contributed by atoms with E-state index >= 15 is 0 Å². The zero-order valence-electron chi connectivity index (χ0n) is 8.92. The Morgan fingerprint density at radius 2 is 1.61 bits per heavy atom. The average Bonchev–Trinajstić information content (AvgIpc) is 2.35. The van der Waals surface area contributed by atoms with E-state index in [-0.39, 0.29) is 6.61 Å². The molecule has 0 aliphatic carbocycles. The van der Waals surface area contributed by atoms with Gasteiger partial charge in [-0.15, -0.1) is 0 Å². The lowest BCUT2D eigenvalue weighted by Crippen LogP contribution is -1.92. The fourth-order valence-electron chi connectivity index (χ4n) is 1.57. The van der Waals surface area contributed by atoms with Gasteiger partial charge in [-0.1, -0.05) is 46.4 Å². The minimum Gasteiger partial charge on any atom is -0.392 e. The predicted octanol–water partition coefficient (Wildman–Crippen LogP) is 4.85. The minimum atomic E-state index is -0.157. The summed E-state index contributed by atoms with van der Waals surface area (Å²) >= 11 is 23.6. The highest BCUT2D eigenvalue weighted by atomic mass is 35.5. The van der Waals surface area contributed by atoms with Crippen molar-refractivity contribution in [1.82, 2.24) is 4.98 Å². The molecule has 6 heteroatoms. The summed E-state index contributed by atoms with van der Waals surface area (Å²) in [6.07, 6.45) is 1.56. The van der Waals surface area contributed by atoms with E-state index in [0.717, 1.165) is 5.56 Å². The number of aliphatic hydroxyl groups excluding tert-OH is 1. The van der Waals surface area contributed by atoms with Gasteiger partial charge >= 0.3 is 0 Å². The van der Waals surface area contributed by atoms with E-state index < -0.39 is 0 Å². The molecule has 2 rings (SSSR count). The number of benzene rings is 1. The molecular weight excluding hydrogens is 316 g/mol. The first-order valence-corrected chi connectivity index (χ1v) is 6.44. The van der Waals surface area contributed by atoms with E-state index in [1.807, 2.05) is 0 Å². The maximum atomic E-state index is 9.32. The molecule has 0 fully saturated rings. The number of aliphatic hydroxyl groups is 1. The molecule has 0 amide bonds. The summed E-state index contributed by atoms with van der Waals surface area (Å²) in [5.74, 6) is 0. The van der Waals surface area contributed by atoms with E-state index in [9.17, 15) is 5.11 Å². The van der Waals surface area contributed by atoms with Crippen molar-refractivity contribution in [2.75, 3.05) is 0 Å². The Labute approximate surface area is 124 Å². The van der Waals surface area contributed by atoms with Crippen LogP contribution in [0, 0.1) is 0 Å². The van der Waals surface area contributed by atoms with Gasteiger partial charge in [0.2, 0.25) is 0 Å². The van der Waals surface area contributed by atoms with Gasteiger partial charge in [0.1, 0.15) is 5.15 Å². The summed E-state index contributed by atoms with van der Waals surface area (Å²) in [6.45, 7) is -0.157. The highest BCUT2D eigenvalue weighted by Gasteiger charge is 2.11. The molecule has 1 aromatic carbocycles. The molecule has 0 radical (unpaired) electrons. The van der Waals surface area contributed by atoms with Crippen molar-refractivity contribution < 1.29 is 5.11 Å². The van der Waals surface area contributed by atoms with Gasteiger partial charge < -0.3 is 5.11 Å². The molecule has 0 aliphatic heterocycles. The third-order valence-electron chi connectivity index (χ3n) is 2.42. The van der Waals surface area contributed by atoms with Gasteiger partial charge in [-0.3, -0.25) is 0 Å². The van der Waals surface area contributed by atoms with Crippen LogP contribution in [0.3, 0.4) is 0 Å². The maximum Gasteiger partial charge on any atom is 0.129 e. The lowest BCUT2D eigenvalue weighted by Gasteiger charge is -2.09. The zero-order valence-corrected chi connectivity index (χ0v) is 11.9. The molecule has 2 aromatic rings. The highest BCUT2D eigenvalue weighted by molar-refractivity contribution is 6.48. The molecule has 0 spiro atoms. The Morgan fingerprint density at radius 3 is 2.17 bits per heavy atom. The van der Waals surface area contributed by atoms with Crippen LogP contribution in [-0.2, 0) is 6.61 Å². The Hall–Kier alpha value is -0.510. The number of hydrogen-bond acceptors (Lipinski definition) is 2. The standard InChI is InChI=1S/C12H7Cl4NO/c13-9-1-6(2-10(14)12(9)16)8-4-17-11(15)3-7(8)5-18/h1-4,18H,5H2. The van der Waals surface area contributed by atoms with E-state index in [4.69, 9.17) is 46.4 Å². The Morgan fingerprint density at radius 1 is 1.00 bits per heavy atom. The second kappa shape index (κ2) is 5.64. The summed E-state index contributed by atoms with van der Waals surface area (Å²) < 4.78 is 0. The molecule has 1 N–H and O–H groups in total. The van der Waals surface area contributed by atoms with Crippen LogP contribution in [0.4, 0.5) is 0 Å². The summed E-state index contributed by atoms with van der Waals surface area (Å²) in [5.41, 5.74) is 2.08. The summed E-state index contributed by atoms with van der Waals surface area (Å²) in [6, 6.07) is 4.92. The lowest BCUT2D eigenvalue weighted by atomic mass is 10.0. The highest BCUT2D eigenvalue weighted by Crippen LogP contribution is 2.36. The lowest BCUT2D eigenvalue weighted by molar-refractivity contribution is 0.282. The number of hydrogen-bond donors (Lipinski definition) is 1. The van der Waals surface area contributed by atoms with Crippen LogP contribution in [-0.4, -0.2) is 10.1 Å². The van der Waals surface area contributed by atoms with E-state index in [1.165, 1.54) is 0 Å². The average molecular weight is 323 g/mol. The van der Waals surface area contributed by atoms with Crippen molar-refractivity contribution in [1.29, 1.82) is 0 Å². The predicted molar refractivity (Wildman–Crippen MR) is 75.6 cm³/mol. The van der Waals surface area contributed by atoms with E-state index in [1.54, 1.807) is 24.4 Å². The molecule has 18 heavy (non-hydrogen) atoms. The number of aromatic nitrogens is 1. The Bertz CT molecular complexity index is 578. The smallest absolute Gasteiger partial charge is 0.129 e. The van der Waals surface area contributed by atoms with Gasteiger partial charge in [-0.05, 0) is 29.3 Å². The van der Waals surface area contributed by atoms with Crippen LogP contribution >= 0.6 is 46.4 Å². The molecule has 0 aliphatic rings. The Balaban J connectivity index is 2.62. The second-order valence-corrected chi connectivity index (χ2v) is 5.16. The van der Waals surface area contributed by atoms with Crippen LogP contribution in [0.5, 0.6) is 0 Å². The normalized spacial score (nSPS) is 10.7. The number of pyridine rings is 1. The van der Waals surface area contributed by atoms with Gasteiger partial charge in [0, 0.05) is 11.8 Å². The van der Waals surface area contributed by atoms with Crippen LogP contribution in [0.25, 0.3) is 11.1 Å². The molecule has 1 heterocycles. The molecule has 0 saturated carbocycles. The minimum absolute atomic E-state index is 0.157. The van der Waals surface area contributed by atoms with E-state index in [0.29, 0.717) is 31.3 Å². The molecule has 0 atom stereocenters. The number of halogens is 4. The third-order valence-corrected chi connectivity index (χ3v) is 3.82. The topological polar surface area (TPSA) is 33.1 Å². The van der Waals surface area contributed by atoms with Gasteiger partial charge in [0.05, 0.1) is 21.7 Å².